The van der Waals surface area contributed by atoms with Crippen LogP contribution in [0.1, 0.15) is 13.3 Å². The highest BCUT2D eigenvalue weighted by molar-refractivity contribution is 5.93. The summed E-state index contributed by atoms with van der Waals surface area (Å²) in [5.74, 6) is 0.565. The van der Waals surface area contributed by atoms with Crippen molar-refractivity contribution < 1.29 is 9.13 Å². The standard InChI is InChI=1S/C17H17FN2O/c1-3-11-20-17-14(5-4-6-15(17)18)16(19-20)12-7-9-13(21-2)10-8-12/h4-10H,3,11H2,1-2H3. The van der Waals surface area contributed by atoms with Crippen molar-refractivity contribution in [3.8, 4) is 17.0 Å². The fraction of sp³-hybridized carbons (Fsp3) is 0.235. The predicted molar refractivity (Wildman–Crippen MR) is 82.0 cm³/mol. The zero-order chi connectivity index (χ0) is 14.8. The van der Waals surface area contributed by atoms with Crippen LogP contribution in [-0.2, 0) is 6.54 Å². The van der Waals surface area contributed by atoms with Gasteiger partial charge >= 0.3 is 0 Å². The summed E-state index contributed by atoms with van der Waals surface area (Å²) >= 11 is 0. The zero-order valence-corrected chi connectivity index (χ0v) is 12.1. The minimum Gasteiger partial charge on any atom is -0.497 e. The van der Waals surface area contributed by atoms with Gasteiger partial charge in [-0.2, -0.15) is 5.10 Å². The second-order valence-electron chi connectivity index (χ2n) is 4.94. The number of para-hydroxylation sites is 1. The van der Waals surface area contributed by atoms with E-state index in [1.807, 2.05) is 30.3 Å². The highest BCUT2D eigenvalue weighted by Gasteiger charge is 2.15. The molecule has 0 fully saturated rings. The van der Waals surface area contributed by atoms with E-state index < -0.39 is 0 Å². The van der Waals surface area contributed by atoms with Crippen molar-refractivity contribution in [2.45, 2.75) is 19.9 Å². The van der Waals surface area contributed by atoms with Crippen LogP contribution >= 0.6 is 0 Å². The molecule has 21 heavy (non-hydrogen) atoms. The van der Waals surface area contributed by atoms with E-state index in [-0.39, 0.29) is 5.82 Å². The Kier molecular flexibility index (Phi) is 3.60. The normalized spacial score (nSPS) is 11.0. The van der Waals surface area contributed by atoms with Crippen LogP contribution in [0.2, 0.25) is 0 Å². The lowest BCUT2D eigenvalue weighted by Crippen LogP contribution is -2.00. The van der Waals surface area contributed by atoms with Crippen molar-refractivity contribution in [2.75, 3.05) is 7.11 Å². The maximum atomic E-state index is 14.1. The lowest BCUT2D eigenvalue weighted by Gasteiger charge is -2.01. The molecule has 0 saturated carbocycles. The molecule has 4 heteroatoms. The maximum absolute atomic E-state index is 14.1. The summed E-state index contributed by atoms with van der Waals surface area (Å²) in [7, 11) is 1.63. The van der Waals surface area contributed by atoms with Crippen molar-refractivity contribution >= 4 is 10.9 Å². The number of halogens is 1. The van der Waals surface area contributed by atoms with E-state index in [0.717, 1.165) is 28.8 Å². The van der Waals surface area contributed by atoms with E-state index in [2.05, 4.69) is 12.0 Å². The summed E-state index contributed by atoms with van der Waals surface area (Å²) in [5, 5.41) is 5.44. The van der Waals surface area contributed by atoms with Gasteiger partial charge in [0.25, 0.3) is 0 Å². The summed E-state index contributed by atoms with van der Waals surface area (Å²) in [5.41, 5.74) is 2.34. The average Bonchev–Trinajstić information content (AvgIpc) is 2.88. The number of fused-ring (bicyclic) bond motifs is 1. The number of rotatable bonds is 4. The molecule has 1 aromatic heterocycles. The van der Waals surface area contributed by atoms with Gasteiger partial charge in [-0.1, -0.05) is 19.1 Å². The number of nitrogens with zero attached hydrogens (tertiary/aromatic N) is 2. The molecule has 0 aliphatic rings. The Morgan fingerprint density at radius 2 is 1.90 bits per heavy atom. The first-order valence-corrected chi connectivity index (χ1v) is 7.04. The van der Waals surface area contributed by atoms with Crippen molar-refractivity contribution in [2.24, 2.45) is 0 Å². The molecule has 0 unspecified atom stereocenters. The van der Waals surface area contributed by atoms with Gasteiger partial charge in [0.1, 0.15) is 22.8 Å². The van der Waals surface area contributed by atoms with Gasteiger partial charge in [-0.15, -0.1) is 0 Å². The average molecular weight is 284 g/mol. The van der Waals surface area contributed by atoms with Crippen LogP contribution in [0, 0.1) is 5.82 Å². The summed E-state index contributed by atoms with van der Waals surface area (Å²) < 4.78 is 21.1. The third kappa shape index (κ3) is 2.37. The van der Waals surface area contributed by atoms with E-state index in [1.54, 1.807) is 17.9 Å². The molecule has 2 aromatic carbocycles. The number of aryl methyl sites for hydroxylation is 1. The number of ether oxygens (including phenoxy) is 1. The van der Waals surface area contributed by atoms with Gasteiger partial charge in [0.15, 0.2) is 0 Å². The smallest absolute Gasteiger partial charge is 0.149 e. The molecule has 0 spiro atoms. The Morgan fingerprint density at radius 1 is 1.14 bits per heavy atom. The summed E-state index contributed by atoms with van der Waals surface area (Å²) in [6.45, 7) is 2.76. The third-order valence-electron chi connectivity index (χ3n) is 3.52. The Hall–Kier alpha value is -2.36. The molecule has 0 bridgehead atoms. The number of aromatic nitrogens is 2. The van der Waals surface area contributed by atoms with Gasteiger partial charge in [0, 0.05) is 17.5 Å². The molecule has 0 N–H and O–H groups in total. The number of methoxy groups -OCH3 is 1. The molecule has 0 aliphatic heterocycles. The minimum atomic E-state index is -0.229. The maximum Gasteiger partial charge on any atom is 0.149 e. The largest absolute Gasteiger partial charge is 0.497 e. The summed E-state index contributed by atoms with van der Waals surface area (Å²) in [6.07, 6.45) is 0.910. The van der Waals surface area contributed by atoms with E-state index in [1.165, 1.54) is 6.07 Å². The first kappa shape index (κ1) is 13.6. The van der Waals surface area contributed by atoms with Crippen LogP contribution in [0.4, 0.5) is 4.39 Å². The fourth-order valence-electron chi connectivity index (χ4n) is 2.53. The van der Waals surface area contributed by atoms with Gasteiger partial charge in [-0.25, -0.2) is 4.39 Å². The minimum absolute atomic E-state index is 0.229. The highest BCUT2D eigenvalue weighted by Crippen LogP contribution is 2.30. The molecule has 108 valence electrons. The highest BCUT2D eigenvalue weighted by atomic mass is 19.1. The molecule has 3 aromatic rings. The Labute approximate surface area is 123 Å². The lowest BCUT2D eigenvalue weighted by atomic mass is 10.1. The molecule has 0 amide bonds. The van der Waals surface area contributed by atoms with Gasteiger partial charge in [-0.3, -0.25) is 4.68 Å². The van der Waals surface area contributed by atoms with E-state index in [9.17, 15) is 4.39 Å². The van der Waals surface area contributed by atoms with Gasteiger partial charge in [0.2, 0.25) is 0 Å². The van der Waals surface area contributed by atoms with Crippen LogP contribution < -0.4 is 4.74 Å². The van der Waals surface area contributed by atoms with Crippen LogP contribution in [0.15, 0.2) is 42.5 Å². The summed E-state index contributed by atoms with van der Waals surface area (Å²) in [6, 6.07) is 12.8. The van der Waals surface area contributed by atoms with Crippen molar-refractivity contribution in [3.05, 3.63) is 48.3 Å². The second kappa shape index (κ2) is 5.56. The molecule has 0 aliphatic carbocycles. The molecule has 0 radical (unpaired) electrons. The Balaban J connectivity index is 2.19. The topological polar surface area (TPSA) is 27.1 Å². The van der Waals surface area contributed by atoms with Crippen molar-refractivity contribution in [1.29, 1.82) is 0 Å². The van der Waals surface area contributed by atoms with E-state index >= 15 is 0 Å². The van der Waals surface area contributed by atoms with Crippen molar-refractivity contribution in [1.82, 2.24) is 9.78 Å². The van der Waals surface area contributed by atoms with Gasteiger partial charge < -0.3 is 4.74 Å². The molecule has 3 nitrogen and oxygen atoms in total. The first-order chi connectivity index (χ1) is 10.2. The van der Waals surface area contributed by atoms with E-state index in [0.29, 0.717) is 12.1 Å². The molecule has 0 saturated heterocycles. The van der Waals surface area contributed by atoms with Gasteiger partial charge in [-0.05, 0) is 36.8 Å². The Morgan fingerprint density at radius 3 is 2.57 bits per heavy atom. The number of hydrogen-bond donors (Lipinski definition) is 0. The fourth-order valence-corrected chi connectivity index (χ4v) is 2.53. The third-order valence-corrected chi connectivity index (χ3v) is 3.52. The zero-order valence-electron chi connectivity index (χ0n) is 12.1. The van der Waals surface area contributed by atoms with Crippen LogP contribution in [0.5, 0.6) is 5.75 Å². The monoisotopic (exact) mass is 284 g/mol. The Bertz CT molecular complexity index is 762. The summed E-state index contributed by atoms with van der Waals surface area (Å²) in [4.78, 5) is 0. The first-order valence-electron chi connectivity index (χ1n) is 7.04. The van der Waals surface area contributed by atoms with E-state index in [4.69, 9.17) is 4.74 Å². The van der Waals surface area contributed by atoms with Crippen LogP contribution in [0.25, 0.3) is 22.2 Å². The lowest BCUT2D eigenvalue weighted by molar-refractivity contribution is 0.415. The number of hydrogen-bond acceptors (Lipinski definition) is 2. The predicted octanol–water partition coefficient (Wildman–Crippen LogP) is 4.26. The second-order valence-corrected chi connectivity index (χ2v) is 4.94. The van der Waals surface area contributed by atoms with Crippen molar-refractivity contribution in [3.63, 3.8) is 0 Å². The van der Waals surface area contributed by atoms with Crippen LogP contribution in [-0.4, -0.2) is 16.9 Å². The molecule has 0 atom stereocenters. The SMILES string of the molecule is CCCn1nc(-c2ccc(OC)cc2)c2cccc(F)c21. The molecular formula is C17H17FN2O. The molecular weight excluding hydrogens is 267 g/mol. The van der Waals surface area contributed by atoms with Crippen LogP contribution in [0.3, 0.4) is 0 Å². The molecule has 3 rings (SSSR count). The number of benzene rings is 2. The molecule has 1 heterocycles. The van der Waals surface area contributed by atoms with Gasteiger partial charge in [0.05, 0.1) is 7.11 Å². The quantitative estimate of drug-likeness (QED) is 0.715.